The zero-order valence-electron chi connectivity index (χ0n) is 10.2. The lowest BCUT2D eigenvalue weighted by molar-refractivity contribution is 0.103. The van der Waals surface area contributed by atoms with Gasteiger partial charge in [-0.3, -0.25) is 4.79 Å². The number of rotatable bonds is 4. The minimum Gasteiger partial charge on any atom is -0.330 e. The van der Waals surface area contributed by atoms with Crippen molar-refractivity contribution < 1.29 is 13.6 Å². The molecule has 0 bridgehead atoms. The molecule has 0 radical (unpaired) electrons. The van der Waals surface area contributed by atoms with E-state index in [1.165, 1.54) is 35.8 Å². The van der Waals surface area contributed by atoms with Crippen LogP contribution in [0, 0.1) is 18.6 Å². The Balaban J connectivity index is 2.36. The Morgan fingerprint density at radius 2 is 2.11 bits per heavy atom. The molecule has 0 amide bonds. The van der Waals surface area contributed by atoms with E-state index in [1.807, 2.05) is 0 Å². The van der Waals surface area contributed by atoms with Crippen LogP contribution < -0.4 is 5.73 Å². The second kappa shape index (κ2) is 5.54. The lowest BCUT2D eigenvalue weighted by Gasteiger charge is -2.03. The van der Waals surface area contributed by atoms with E-state index in [9.17, 15) is 13.6 Å². The van der Waals surface area contributed by atoms with Gasteiger partial charge in [0.1, 0.15) is 5.69 Å². The summed E-state index contributed by atoms with van der Waals surface area (Å²) < 4.78 is 27.1. The maximum absolute atomic E-state index is 13.7. The van der Waals surface area contributed by atoms with Crippen LogP contribution in [0.5, 0.6) is 0 Å². The van der Waals surface area contributed by atoms with E-state index in [4.69, 9.17) is 5.73 Å². The Morgan fingerprint density at radius 3 is 2.79 bits per heavy atom. The van der Waals surface area contributed by atoms with Crippen molar-refractivity contribution in [3.63, 3.8) is 0 Å². The van der Waals surface area contributed by atoms with Gasteiger partial charge in [0.15, 0.2) is 11.6 Å². The number of carbonyl (C=O) groups is 1. The quantitative estimate of drug-likeness (QED) is 0.876. The van der Waals surface area contributed by atoms with Crippen molar-refractivity contribution in [2.24, 2.45) is 5.73 Å². The second-order valence-electron chi connectivity index (χ2n) is 4.05. The van der Waals surface area contributed by atoms with E-state index in [-0.39, 0.29) is 16.8 Å². The lowest BCUT2D eigenvalue weighted by atomic mass is 10.1. The summed E-state index contributed by atoms with van der Waals surface area (Å²) in [5.41, 5.74) is 5.38. The molecule has 19 heavy (non-hydrogen) atoms. The number of nitrogens with two attached hydrogens (primary N) is 1. The minimum absolute atomic E-state index is 0.121. The fourth-order valence-corrected chi connectivity index (χ4v) is 2.41. The maximum Gasteiger partial charge on any atom is 0.215 e. The molecule has 2 rings (SSSR count). The molecule has 0 aliphatic carbocycles. The van der Waals surface area contributed by atoms with Crippen molar-refractivity contribution in [1.29, 1.82) is 0 Å². The molecule has 1 aromatic carbocycles. The monoisotopic (exact) mass is 282 g/mol. The van der Waals surface area contributed by atoms with Gasteiger partial charge in [0.05, 0.1) is 10.6 Å². The summed E-state index contributed by atoms with van der Waals surface area (Å²) >= 11 is 1.28. The molecule has 0 unspecified atom stereocenters. The largest absolute Gasteiger partial charge is 0.330 e. The predicted octanol–water partition coefficient (Wildman–Crippen LogP) is 2.46. The molecule has 0 saturated carbocycles. The summed E-state index contributed by atoms with van der Waals surface area (Å²) in [4.78, 5) is 16.1. The molecular weight excluding hydrogens is 270 g/mol. The molecule has 6 heteroatoms. The number of halogens is 2. The van der Waals surface area contributed by atoms with Crippen LogP contribution in [-0.2, 0) is 6.42 Å². The van der Waals surface area contributed by atoms with E-state index in [0.717, 1.165) is 0 Å². The number of nitrogens with zero attached hydrogens (tertiary/aromatic N) is 1. The third-order valence-electron chi connectivity index (χ3n) is 2.66. The highest BCUT2D eigenvalue weighted by molar-refractivity contribution is 7.09. The van der Waals surface area contributed by atoms with Crippen LogP contribution in [0.3, 0.4) is 0 Å². The van der Waals surface area contributed by atoms with Crippen LogP contribution in [0.1, 0.15) is 26.6 Å². The molecule has 0 spiro atoms. The zero-order chi connectivity index (χ0) is 14.0. The van der Waals surface area contributed by atoms with Crippen molar-refractivity contribution in [2.75, 3.05) is 6.54 Å². The first-order valence-electron chi connectivity index (χ1n) is 5.68. The molecule has 100 valence electrons. The van der Waals surface area contributed by atoms with E-state index in [1.54, 1.807) is 0 Å². The highest BCUT2D eigenvalue weighted by Gasteiger charge is 2.20. The van der Waals surface area contributed by atoms with Gasteiger partial charge in [-0.15, -0.1) is 11.3 Å². The molecule has 1 aromatic heterocycles. The number of aromatic nitrogens is 1. The van der Waals surface area contributed by atoms with Crippen molar-refractivity contribution in [1.82, 2.24) is 4.98 Å². The number of ketones is 1. The normalized spacial score (nSPS) is 10.7. The topological polar surface area (TPSA) is 56.0 Å². The van der Waals surface area contributed by atoms with E-state index in [0.29, 0.717) is 18.0 Å². The fourth-order valence-electron chi connectivity index (χ4n) is 1.61. The first kappa shape index (κ1) is 13.8. The molecule has 2 N–H and O–H groups in total. The van der Waals surface area contributed by atoms with Gasteiger partial charge in [-0.05, 0) is 25.1 Å². The van der Waals surface area contributed by atoms with Gasteiger partial charge in [-0.1, -0.05) is 6.07 Å². The van der Waals surface area contributed by atoms with Crippen LogP contribution in [0.25, 0.3) is 0 Å². The van der Waals surface area contributed by atoms with Crippen molar-refractivity contribution in [3.05, 3.63) is 51.0 Å². The van der Waals surface area contributed by atoms with Crippen LogP contribution in [0.15, 0.2) is 17.5 Å². The predicted molar refractivity (Wildman–Crippen MR) is 69.4 cm³/mol. The smallest absolute Gasteiger partial charge is 0.215 e. The molecule has 0 fully saturated rings. The number of carbonyl (C=O) groups excluding carboxylic acids is 1. The zero-order valence-corrected chi connectivity index (χ0v) is 11.1. The summed E-state index contributed by atoms with van der Waals surface area (Å²) in [5, 5.41) is 2.24. The van der Waals surface area contributed by atoms with Crippen LogP contribution in [0.4, 0.5) is 8.78 Å². The number of benzene rings is 1. The Bertz CT molecular complexity index is 625. The van der Waals surface area contributed by atoms with Gasteiger partial charge in [0.25, 0.3) is 0 Å². The molecule has 2 aromatic rings. The number of hydrogen-bond acceptors (Lipinski definition) is 4. The molecule has 1 heterocycles. The third-order valence-corrected chi connectivity index (χ3v) is 3.57. The maximum atomic E-state index is 13.7. The molecule has 3 nitrogen and oxygen atoms in total. The van der Waals surface area contributed by atoms with Gasteiger partial charge < -0.3 is 5.73 Å². The minimum atomic E-state index is -1.13. The summed E-state index contributed by atoms with van der Waals surface area (Å²) in [6.07, 6.45) is 0.558. The average Bonchev–Trinajstić information content (AvgIpc) is 2.85. The molecule has 0 saturated heterocycles. The van der Waals surface area contributed by atoms with Crippen molar-refractivity contribution in [3.8, 4) is 0 Å². The molecular formula is C13H12F2N2OS. The highest BCUT2D eigenvalue weighted by Crippen LogP contribution is 2.20. The van der Waals surface area contributed by atoms with E-state index >= 15 is 0 Å². The van der Waals surface area contributed by atoms with Gasteiger partial charge in [0.2, 0.25) is 5.78 Å². The standard InChI is InChI=1S/C13H12F2N2OS/c1-7-2-3-8(12(15)11(7)14)13(18)9-6-19-10(17-9)4-5-16/h2-3,6H,4-5,16H2,1H3. The van der Waals surface area contributed by atoms with Crippen LogP contribution in [0.2, 0.25) is 0 Å². The number of thiazole rings is 1. The Labute approximate surface area is 113 Å². The van der Waals surface area contributed by atoms with Gasteiger partial charge in [-0.25, -0.2) is 13.8 Å². The van der Waals surface area contributed by atoms with E-state index < -0.39 is 17.4 Å². The Morgan fingerprint density at radius 1 is 1.37 bits per heavy atom. The van der Waals surface area contributed by atoms with Crippen LogP contribution >= 0.6 is 11.3 Å². The molecule has 0 aliphatic rings. The van der Waals surface area contributed by atoms with Gasteiger partial charge in [-0.2, -0.15) is 0 Å². The Kier molecular flexibility index (Phi) is 4.01. The van der Waals surface area contributed by atoms with Gasteiger partial charge in [0, 0.05) is 11.8 Å². The first-order chi connectivity index (χ1) is 9.04. The SMILES string of the molecule is Cc1ccc(C(=O)c2csc(CCN)n2)c(F)c1F. The summed E-state index contributed by atoms with van der Waals surface area (Å²) in [7, 11) is 0. The third kappa shape index (κ3) is 2.69. The number of hydrogen-bond donors (Lipinski definition) is 1. The summed E-state index contributed by atoms with van der Waals surface area (Å²) in [6.45, 7) is 1.86. The fraction of sp³-hybridized carbons (Fsp3) is 0.231. The highest BCUT2D eigenvalue weighted by atomic mass is 32.1. The van der Waals surface area contributed by atoms with Gasteiger partial charge >= 0.3 is 0 Å². The van der Waals surface area contributed by atoms with Crippen molar-refractivity contribution in [2.45, 2.75) is 13.3 Å². The summed E-state index contributed by atoms with van der Waals surface area (Å²) in [5.74, 6) is -2.74. The summed E-state index contributed by atoms with van der Waals surface area (Å²) in [6, 6.07) is 2.65. The van der Waals surface area contributed by atoms with Crippen LogP contribution in [-0.4, -0.2) is 17.3 Å². The Hall–Kier alpha value is -1.66. The van der Waals surface area contributed by atoms with Crippen molar-refractivity contribution >= 4 is 17.1 Å². The number of aryl methyl sites for hydroxylation is 1. The van der Waals surface area contributed by atoms with E-state index in [2.05, 4.69) is 4.98 Å². The second-order valence-corrected chi connectivity index (χ2v) is 4.99. The molecule has 0 aliphatic heterocycles. The average molecular weight is 282 g/mol. The lowest BCUT2D eigenvalue weighted by Crippen LogP contribution is -2.08. The first-order valence-corrected chi connectivity index (χ1v) is 6.56. The molecule has 0 atom stereocenters.